The number of carbonyl (C=O) groups excluding carboxylic acids is 1. The van der Waals surface area contributed by atoms with E-state index in [0.29, 0.717) is 18.7 Å². The summed E-state index contributed by atoms with van der Waals surface area (Å²) in [5, 5.41) is 3.21. The summed E-state index contributed by atoms with van der Waals surface area (Å²) in [7, 11) is 0. The Labute approximate surface area is 164 Å². The van der Waals surface area contributed by atoms with Crippen LogP contribution in [0.5, 0.6) is 0 Å². The SMILES string of the molecule is O=C(N[C@H](c1ccccn1)[C@H]1CCCN(Cc2cccc(F)c2F)C1)C1CC1. The van der Waals surface area contributed by atoms with E-state index in [0.717, 1.165) is 44.0 Å². The quantitative estimate of drug-likeness (QED) is 0.822. The second-order valence-corrected chi connectivity index (χ2v) is 7.87. The average Bonchev–Trinajstić information content (AvgIpc) is 3.56. The third-order valence-corrected chi connectivity index (χ3v) is 5.69. The van der Waals surface area contributed by atoms with Crippen LogP contribution in [0.15, 0.2) is 42.6 Å². The van der Waals surface area contributed by atoms with E-state index in [4.69, 9.17) is 0 Å². The van der Waals surface area contributed by atoms with Crippen molar-refractivity contribution in [2.75, 3.05) is 13.1 Å². The van der Waals surface area contributed by atoms with Crippen molar-refractivity contribution in [1.29, 1.82) is 0 Å². The summed E-state index contributed by atoms with van der Waals surface area (Å²) < 4.78 is 27.6. The molecule has 2 fully saturated rings. The number of pyridine rings is 1. The number of carbonyl (C=O) groups is 1. The number of hydrogen-bond donors (Lipinski definition) is 1. The fourth-order valence-electron chi connectivity index (χ4n) is 4.03. The van der Waals surface area contributed by atoms with Gasteiger partial charge in [0.1, 0.15) is 0 Å². The largest absolute Gasteiger partial charge is 0.347 e. The summed E-state index contributed by atoms with van der Waals surface area (Å²) >= 11 is 0. The first kappa shape index (κ1) is 19.0. The third-order valence-electron chi connectivity index (χ3n) is 5.69. The highest BCUT2D eigenvalue weighted by molar-refractivity contribution is 5.81. The zero-order valence-electron chi connectivity index (χ0n) is 15.8. The lowest BCUT2D eigenvalue weighted by Gasteiger charge is -2.37. The molecule has 1 aromatic carbocycles. The first-order valence-electron chi connectivity index (χ1n) is 9.98. The van der Waals surface area contributed by atoms with E-state index in [1.165, 1.54) is 0 Å². The van der Waals surface area contributed by atoms with Crippen LogP contribution in [0, 0.1) is 23.5 Å². The molecule has 2 heterocycles. The predicted octanol–water partition coefficient (Wildman–Crippen LogP) is 3.84. The molecule has 0 bridgehead atoms. The van der Waals surface area contributed by atoms with Crippen molar-refractivity contribution in [2.45, 2.75) is 38.3 Å². The van der Waals surface area contributed by atoms with Crippen LogP contribution in [0.3, 0.4) is 0 Å². The van der Waals surface area contributed by atoms with E-state index >= 15 is 0 Å². The molecular weight excluding hydrogens is 360 g/mol. The highest BCUT2D eigenvalue weighted by Crippen LogP contribution is 2.33. The molecule has 6 heteroatoms. The lowest BCUT2D eigenvalue weighted by Crippen LogP contribution is -2.43. The van der Waals surface area contributed by atoms with Crippen molar-refractivity contribution in [2.24, 2.45) is 11.8 Å². The number of rotatable bonds is 6. The number of amides is 1. The number of piperidine rings is 1. The summed E-state index contributed by atoms with van der Waals surface area (Å²) in [6, 6.07) is 9.90. The van der Waals surface area contributed by atoms with Crippen molar-refractivity contribution >= 4 is 5.91 Å². The minimum atomic E-state index is -0.811. The van der Waals surface area contributed by atoms with Gasteiger partial charge in [0.05, 0.1) is 11.7 Å². The van der Waals surface area contributed by atoms with Crippen molar-refractivity contribution < 1.29 is 13.6 Å². The molecule has 1 aliphatic carbocycles. The Morgan fingerprint density at radius 1 is 1.18 bits per heavy atom. The topological polar surface area (TPSA) is 45.2 Å². The van der Waals surface area contributed by atoms with E-state index in [1.54, 1.807) is 18.3 Å². The van der Waals surface area contributed by atoms with Crippen LogP contribution in [0.25, 0.3) is 0 Å². The molecule has 0 spiro atoms. The van der Waals surface area contributed by atoms with Crippen LogP contribution in [0.4, 0.5) is 8.78 Å². The maximum atomic E-state index is 14.1. The maximum absolute atomic E-state index is 14.1. The summed E-state index contributed by atoms with van der Waals surface area (Å²) in [4.78, 5) is 19.1. The highest BCUT2D eigenvalue weighted by atomic mass is 19.2. The summed E-state index contributed by atoms with van der Waals surface area (Å²) in [5.41, 5.74) is 1.23. The molecule has 2 aromatic rings. The summed E-state index contributed by atoms with van der Waals surface area (Å²) in [6.07, 6.45) is 5.57. The van der Waals surface area contributed by atoms with E-state index < -0.39 is 11.6 Å². The van der Waals surface area contributed by atoms with Gasteiger partial charge in [-0.15, -0.1) is 0 Å². The molecule has 1 amide bonds. The van der Waals surface area contributed by atoms with Crippen molar-refractivity contribution in [3.8, 4) is 0 Å². The number of benzene rings is 1. The molecule has 2 atom stereocenters. The number of halogens is 2. The second kappa shape index (κ2) is 8.35. The van der Waals surface area contributed by atoms with Crippen molar-refractivity contribution in [1.82, 2.24) is 15.2 Å². The fourth-order valence-corrected chi connectivity index (χ4v) is 4.03. The zero-order chi connectivity index (χ0) is 19.5. The second-order valence-electron chi connectivity index (χ2n) is 7.87. The van der Waals surface area contributed by atoms with Gasteiger partial charge in [0.2, 0.25) is 5.91 Å². The van der Waals surface area contributed by atoms with Gasteiger partial charge in [-0.3, -0.25) is 14.7 Å². The molecular formula is C22H25F2N3O. The first-order valence-corrected chi connectivity index (χ1v) is 9.98. The van der Waals surface area contributed by atoms with Gasteiger partial charge >= 0.3 is 0 Å². The number of hydrogen-bond acceptors (Lipinski definition) is 3. The Balaban J connectivity index is 1.49. The summed E-state index contributed by atoms with van der Waals surface area (Å²) in [5.74, 6) is -1.17. The molecule has 1 aliphatic heterocycles. The van der Waals surface area contributed by atoms with Crippen LogP contribution in [0.1, 0.15) is 43.0 Å². The predicted molar refractivity (Wildman–Crippen MR) is 102 cm³/mol. The Morgan fingerprint density at radius 2 is 2.04 bits per heavy atom. The Morgan fingerprint density at radius 3 is 2.79 bits per heavy atom. The van der Waals surface area contributed by atoms with Gasteiger partial charge in [0, 0.05) is 30.8 Å². The number of likely N-dealkylation sites (tertiary alicyclic amines) is 1. The van der Waals surface area contributed by atoms with Crippen molar-refractivity contribution in [3.05, 3.63) is 65.5 Å². The molecule has 148 valence electrons. The lowest BCUT2D eigenvalue weighted by molar-refractivity contribution is -0.123. The number of nitrogens with zero attached hydrogens (tertiary/aromatic N) is 2. The van der Waals surface area contributed by atoms with Crippen LogP contribution in [0.2, 0.25) is 0 Å². The van der Waals surface area contributed by atoms with Crippen LogP contribution in [-0.2, 0) is 11.3 Å². The number of aromatic nitrogens is 1. The normalized spacial score (nSPS) is 21.3. The van der Waals surface area contributed by atoms with Gasteiger partial charge in [0.25, 0.3) is 0 Å². The molecule has 1 N–H and O–H groups in total. The zero-order valence-corrected chi connectivity index (χ0v) is 15.8. The van der Waals surface area contributed by atoms with Crippen LogP contribution in [-0.4, -0.2) is 28.9 Å². The minimum Gasteiger partial charge on any atom is -0.347 e. The maximum Gasteiger partial charge on any atom is 0.223 e. The van der Waals surface area contributed by atoms with Crippen molar-refractivity contribution in [3.63, 3.8) is 0 Å². The molecule has 0 unspecified atom stereocenters. The van der Waals surface area contributed by atoms with E-state index in [-0.39, 0.29) is 23.8 Å². The van der Waals surface area contributed by atoms with E-state index in [2.05, 4.69) is 15.2 Å². The smallest absolute Gasteiger partial charge is 0.223 e. The van der Waals surface area contributed by atoms with Gasteiger partial charge in [-0.2, -0.15) is 0 Å². The minimum absolute atomic E-state index is 0.101. The standard InChI is InChI=1S/C22H25F2N3O/c23-18-7-3-5-16(20(18)24)13-27-12-4-6-17(14-27)21(19-8-1-2-11-25-19)26-22(28)15-9-10-15/h1-3,5,7-8,11,15,17,21H,4,6,9-10,12-14H2,(H,26,28)/t17-,21-/m0/s1. The highest BCUT2D eigenvalue weighted by Gasteiger charge is 2.35. The van der Waals surface area contributed by atoms with Gasteiger partial charge in [0.15, 0.2) is 11.6 Å². The molecule has 0 radical (unpaired) electrons. The van der Waals surface area contributed by atoms with Gasteiger partial charge in [-0.25, -0.2) is 8.78 Å². The van der Waals surface area contributed by atoms with E-state index in [1.807, 2.05) is 18.2 Å². The summed E-state index contributed by atoms with van der Waals surface area (Å²) in [6.45, 7) is 1.91. The lowest BCUT2D eigenvalue weighted by atomic mass is 9.88. The van der Waals surface area contributed by atoms with Gasteiger partial charge in [-0.05, 0) is 56.3 Å². The van der Waals surface area contributed by atoms with Gasteiger partial charge in [-0.1, -0.05) is 18.2 Å². The molecule has 4 rings (SSSR count). The molecule has 28 heavy (non-hydrogen) atoms. The molecule has 1 saturated heterocycles. The van der Waals surface area contributed by atoms with Gasteiger partial charge < -0.3 is 5.32 Å². The Kier molecular flexibility index (Phi) is 5.67. The Hall–Kier alpha value is -2.34. The molecule has 2 aliphatic rings. The van der Waals surface area contributed by atoms with Crippen LogP contribution < -0.4 is 5.32 Å². The third kappa shape index (κ3) is 4.38. The van der Waals surface area contributed by atoms with Crippen LogP contribution >= 0.6 is 0 Å². The monoisotopic (exact) mass is 385 g/mol. The molecule has 1 aromatic heterocycles. The fraction of sp³-hybridized carbons (Fsp3) is 0.455. The van der Waals surface area contributed by atoms with E-state index in [9.17, 15) is 13.6 Å². The number of nitrogens with one attached hydrogen (secondary N) is 1. The Bertz CT molecular complexity index is 826. The molecule has 1 saturated carbocycles. The molecule has 4 nitrogen and oxygen atoms in total. The average molecular weight is 385 g/mol. The first-order chi connectivity index (χ1) is 13.6.